The molecule has 2 heterocycles. The Bertz CT molecular complexity index is 710. The first-order valence-corrected chi connectivity index (χ1v) is 6.64. The van der Waals surface area contributed by atoms with Gasteiger partial charge in [0.05, 0.1) is 5.39 Å². The highest BCUT2D eigenvalue weighted by Crippen LogP contribution is 2.29. The molecule has 0 aliphatic heterocycles. The second-order valence-corrected chi connectivity index (χ2v) is 5.56. The molecule has 2 N–H and O–H groups in total. The topological polar surface area (TPSA) is 65.1 Å². The van der Waals surface area contributed by atoms with Crippen LogP contribution in [-0.2, 0) is 6.54 Å². The monoisotopic (exact) mass is 264 g/mol. The van der Waals surface area contributed by atoms with Gasteiger partial charge >= 0.3 is 0 Å². The number of nitrogens with zero attached hydrogens (tertiary/aromatic N) is 1. The summed E-state index contributed by atoms with van der Waals surface area (Å²) in [4.78, 5) is 25.9. The van der Waals surface area contributed by atoms with E-state index in [0.717, 1.165) is 15.3 Å². The molecule has 4 nitrogen and oxygen atoms in total. The van der Waals surface area contributed by atoms with Crippen LogP contribution < -0.4 is 11.2 Å². The van der Waals surface area contributed by atoms with Crippen molar-refractivity contribution in [1.82, 2.24) is 4.57 Å². The normalized spacial score (nSPS) is 11.1. The number of thiophene rings is 1. The molecular formula is C13H16N2O2S. The van der Waals surface area contributed by atoms with Crippen molar-refractivity contribution in [3.8, 4) is 0 Å². The van der Waals surface area contributed by atoms with Gasteiger partial charge in [0.2, 0.25) is 5.43 Å². The average molecular weight is 264 g/mol. The number of aryl methyl sites for hydroxylation is 3. The molecule has 2 rings (SSSR count). The summed E-state index contributed by atoms with van der Waals surface area (Å²) in [6, 6.07) is 0. The van der Waals surface area contributed by atoms with Crippen molar-refractivity contribution < 1.29 is 4.79 Å². The predicted molar refractivity (Wildman–Crippen MR) is 74.5 cm³/mol. The Morgan fingerprint density at radius 2 is 1.94 bits per heavy atom. The maximum atomic E-state index is 12.4. The van der Waals surface area contributed by atoms with E-state index >= 15 is 0 Å². The second kappa shape index (κ2) is 4.24. The van der Waals surface area contributed by atoms with Crippen LogP contribution in [0, 0.1) is 20.8 Å². The van der Waals surface area contributed by atoms with Gasteiger partial charge in [0.15, 0.2) is 0 Å². The van der Waals surface area contributed by atoms with E-state index in [1.165, 1.54) is 0 Å². The molecule has 0 atom stereocenters. The van der Waals surface area contributed by atoms with Gasteiger partial charge in [-0.25, -0.2) is 0 Å². The lowest BCUT2D eigenvalue weighted by atomic mass is 10.1. The van der Waals surface area contributed by atoms with E-state index < -0.39 is 5.91 Å². The third kappa shape index (κ3) is 1.58. The van der Waals surface area contributed by atoms with E-state index in [0.29, 0.717) is 17.6 Å². The quantitative estimate of drug-likeness (QED) is 0.902. The van der Waals surface area contributed by atoms with Gasteiger partial charge in [-0.2, -0.15) is 0 Å². The number of fused-ring (bicyclic) bond motifs is 1. The third-order valence-corrected chi connectivity index (χ3v) is 4.63. The standard InChI is InChI=1S/C13H16N2O2S/c1-5-15-7(3)10(12(14)17)11(16)9-6(2)8(4)18-13(9)15/h5H2,1-4H3,(H2,14,17). The first-order valence-electron chi connectivity index (χ1n) is 5.83. The zero-order valence-corrected chi connectivity index (χ0v) is 11.8. The highest BCUT2D eigenvalue weighted by atomic mass is 32.1. The van der Waals surface area contributed by atoms with Crippen molar-refractivity contribution in [1.29, 1.82) is 0 Å². The number of rotatable bonds is 2. The van der Waals surface area contributed by atoms with Crippen LogP contribution in [0.3, 0.4) is 0 Å². The van der Waals surface area contributed by atoms with Crippen molar-refractivity contribution >= 4 is 27.5 Å². The first-order chi connectivity index (χ1) is 8.40. The highest BCUT2D eigenvalue weighted by molar-refractivity contribution is 7.18. The van der Waals surface area contributed by atoms with Gasteiger partial charge in [0.25, 0.3) is 5.91 Å². The molecule has 0 bridgehead atoms. The summed E-state index contributed by atoms with van der Waals surface area (Å²) in [6.07, 6.45) is 0. The summed E-state index contributed by atoms with van der Waals surface area (Å²) >= 11 is 1.59. The van der Waals surface area contributed by atoms with Gasteiger partial charge in [0.1, 0.15) is 10.4 Å². The van der Waals surface area contributed by atoms with Crippen LogP contribution in [0.2, 0.25) is 0 Å². The number of hydrogen-bond donors (Lipinski definition) is 1. The fraction of sp³-hybridized carbons (Fsp3) is 0.385. The molecule has 18 heavy (non-hydrogen) atoms. The van der Waals surface area contributed by atoms with Crippen LogP contribution in [-0.4, -0.2) is 10.5 Å². The van der Waals surface area contributed by atoms with Crippen LogP contribution in [0.4, 0.5) is 0 Å². The van der Waals surface area contributed by atoms with E-state index in [9.17, 15) is 9.59 Å². The zero-order chi connectivity index (χ0) is 13.6. The number of pyridine rings is 1. The SMILES string of the molecule is CCn1c(C)c(C(N)=O)c(=O)c2c(C)c(C)sc21. The predicted octanol–water partition coefficient (Wildman–Crippen LogP) is 2.11. The molecular weight excluding hydrogens is 248 g/mol. The molecule has 96 valence electrons. The summed E-state index contributed by atoms with van der Waals surface area (Å²) in [5.74, 6) is -0.648. The second-order valence-electron chi connectivity index (χ2n) is 4.36. The van der Waals surface area contributed by atoms with Gasteiger partial charge in [-0.3, -0.25) is 9.59 Å². The largest absolute Gasteiger partial charge is 0.365 e. The zero-order valence-electron chi connectivity index (χ0n) is 11.0. The molecule has 0 unspecified atom stereocenters. The molecule has 0 saturated carbocycles. The number of amides is 1. The minimum absolute atomic E-state index is 0.116. The number of carbonyl (C=O) groups excluding carboxylic acids is 1. The Morgan fingerprint density at radius 3 is 2.44 bits per heavy atom. The van der Waals surface area contributed by atoms with Gasteiger partial charge in [-0.1, -0.05) is 0 Å². The maximum Gasteiger partial charge on any atom is 0.254 e. The molecule has 0 aliphatic carbocycles. The number of primary amides is 1. The molecule has 0 saturated heterocycles. The number of carbonyl (C=O) groups is 1. The van der Waals surface area contributed by atoms with E-state index in [2.05, 4.69) is 0 Å². The summed E-state index contributed by atoms with van der Waals surface area (Å²) in [5, 5.41) is 0.638. The summed E-state index contributed by atoms with van der Waals surface area (Å²) < 4.78 is 1.99. The molecule has 0 radical (unpaired) electrons. The Kier molecular flexibility index (Phi) is 3.02. The van der Waals surface area contributed by atoms with Crippen molar-refractivity contribution in [2.75, 3.05) is 0 Å². The summed E-state index contributed by atoms with van der Waals surface area (Å²) in [7, 11) is 0. The summed E-state index contributed by atoms with van der Waals surface area (Å²) in [5.41, 5.74) is 6.82. The van der Waals surface area contributed by atoms with Crippen LogP contribution in [0.25, 0.3) is 10.2 Å². The Hall–Kier alpha value is -1.62. The Morgan fingerprint density at radius 1 is 1.33 bits per heavy atom. The van der Waals surface area contributed by atoms with Crippen LogP contribution >= 0.6 is 11.3 Å². The third-order valence-electron chi connectivity index (χ3n) is 3.40. The number of hydrogen-bond acceptors (Lipinski definition) is 3. The molecule has 0 aliphatic rings. The number of aromatic nitrogens is 1. The van der Waals surface area contributed by atoms with Gasteiger partial charge in [0, 0.05) is 17.1 Å². The van der Waals surface area contributed by atoms with E-state index in [1.807, 2.05) is 25.3 Å². The minimum atomic E-state index is -0.648. The first kappa shape index (κ1) is 12.8. The Balaban J connectivity index is 3.11. The van der Waals surface area contributed by atoms with Gasteiger partial charge < -0.3 is 10.3 Å². The lowest BCUT2D eigenvalue weighted by Crippen LogP contribution is -2.26. The molecule has 2 aromatic heterocycles. The average Bonchev–Trinajstić information content (AvgIpc) is 2.55. The van der Waals surface area contributed by atoms with Crippen LogP contribution in [0.5, 0.6) is 0 Å². The smallest absolute Gasteiger partial charge is 0.254 e. The van der Waals surface area contributed by atoms with Crippen molar-refractivity contribution in [2.24, 2.45) is 5.73 Å². The molecule has 5 heteroatoms. The van der Waals surface area contributed by atoms with Crippen molar-refractivity contribution in [3.63, 3.8) is 0 Å². The van der Waals surface area contributed by atoms with E-state index in [4.69, 9.17) is 5.73 Å². The fourth-order valence-electron chi connectivity index (χ4n) is 2.31. The fourth-order valence-corrected chi connectivity index (χ4v) is 3.58. The van der Waals surface area contributed by atoms with E-state index in [1.54, 1.807) is 18.3 Å². The molecule has 2 aromatic rings. The lowest BCUT2D eigenvalue weighted by Gasteiger charge is -2.12. The maximum absolute atomic E-state index is 12.4. The van der Waals surface area contributed by atoms with Gasteiger partial charge in [-0.15, -0.1) is 11.3 Å². The van der Waals surface area contributed by atoms with Gasteiger partial charge in [-0.05, 0) is 33.3 Å². The number of nitrogens with two attached hydrogens (primary N) is 1. The van der Waals surface area contributed by atoms with Crippen LogP contribution in [0.1, 0.15) is 33.4 Å². The Labute approximate surface area is 109 Å². The van der Waals surface area contributed by atoms with Crippen molar-refractivity contribution in [2.45, 2.75) is 34.2 Å². The highest BCUT2D eigenvalue weighted by Gasteiger charge is 2.20. The van der Waals surface area contributed by atoms with Crippen LogP contribution in [0.15, 0.2) is 4.79 Å². The molecule has 0 aromatic carbocycles. The molecule has 0 spiro atoms. The van der Waals surface area contributed by atoms with Crippen molar-refractivity contribution in [3.05, 3.63) is 31.9 Å². The molecule has 0 fully saturated rings. The lowest BCUT2D eigenvalue weighted by molar-refractivity contribution is 0.0998. The molecule has 1 amide bonds. The minimum Gasteiger partial charge on any atom is -0.365 e. The van der Waals surface area contributed by atoms with E-state index in [-0.39, 0.29) is 11.0 Å². The summed E-state index contributed by atoms with van der Waals surface area (Å²) in [6.45, 7) is 8.37.